The van der Waals surface area contributed by atoms with Crippen LogP contribution >= 0.6 is 0 Å². The fourth-order valence-electron chi connectivity index (χ4n) is 3.15. The van der Waals surface area contributed by atoms with E-state index in [2.05, 4.69) is 0 Å². The number of hydrogen-bond acceptors (Lipinski definition) is 3. The number of aliphatic carboxylic acids is 1. The summed E-state index contributed by atoms with van der Waals surface area (Å²) in [6, 6.07) is 9.00. The van der Waals surface area contributed by atoms with Gasteiger partial charge in [0.1, 0.15) is 5.75 Å². The van der Waals surface area contributed by atoms with Crippen molar-refractivity contribution >= 4 is 11.9 Å². The SMILES string of the molecule is CCN(Cc1ccccc1-c1cc(CC(=O)O)c(C(F)(F)F)cc1OC)C(C)=O. The lowest BCUT2D eigenvalue weighted by molar-refractivity contribution is -0.139. The first-order valence-electron chi connectivity index (χ1n) is 8.92. The third-order valence-electron chi connectivity index (χ3n) is 4.57. The topological polar surface area (TPSA) is 66.8 Å². The molecule has 2 aromatic carbocycles. The number of halogens is 3. The van der Waals surface area contributed by atoms with Crippen LogP contribution in [0.1, 0.15) is 30.5 Å². The Morgan fingerprint density at radius 3 is 2.28 bits per heavy atom. The highest BCUT2D eigenvalue weighted by molar-refractivity contribution is 5.79. The summed E-state index contributed by atoms with van der Waals surface area (Å²) < 4.78 is 45.5. The molecule has 0 radical (unpaired) electrons. The highest BCUT2D eigenvalue weighted by atomic mass is 19.4. The molecule has 0 aliphatic heterocycles. The second-order valence-electron chi connectivity index (χ2n) is 6.47. The van der Waals surface area contributed by atoms with E-state index in [9.17, 15) is 22.8 Å². The number of hydrogen-bond donors (Lipinski definition) is 1. The van der Waals surface area contributed by atoms with Crippen LogP contribution in [0.4, 0.5) is 13.2 Å². The van der Waals surface area contributed by atoms with Crippen LogP contribution in [-0.4, -0.2) is 35.5 Å². The van der Waals surface area contributed by atoms with Gasteiger partial charge in [0, 0.05) is 25.6 Å². The van der Waals surface area contributed by atoms with Gasteiger partial charge in [0.15, 0.2) is 0 Å². The van der Waals surface area contributed by atoms with E-state index < -0.39 is 24.1 Å². The molecule has 0 aromatic heterocycles. The van der Waals surface area contributed by atoms with Crippen molar-refractivity contribution in [3.8, 4) is 16.9 Å². The predicted molar refractivity (Wildman–Crippen MR) is 102 cm³/mol. The van der Waals surface area contributed by atoms with E-state index >= 15 is 0 Å². The Morgan fingerprint density at radius 1 is 1.10 bits per heavy atom. The maximum absolute atomic E-state index is 13.4. The summed E-state index contributed by atoms with van der Waals surface area (Å²) in [6.45, 7) is 4.00. The molecular formula is C21H22F3NO4. The molecule has 0 aliphatic rings. The van der Waals surface area contributed by atoms with E-state index in [1.54, 1.807) is 29.2 Å². The van der Waals surface area contributed by atoms with Crippen LogP contribution < -0.4 is 4.74 Å². The van der Waals surface area contributed by atoms with Gasteiger partial charge in [-0.1, -0.05) is 24.3 Å². The minimum atomic E-state index is -4.72. The smallest absolute Gasteiger partial charge is 0.416 e. The lowest BCUT2D eigenvalue weighted by Crippen LogP contribution is -2.27. The molecule has 0 saturated heterocycles. The Bertz CT molecular complexity index is 909. The van der Waals surface area contributed by atoms with E-state index in [1.165, 1.54) is 20.1 Å². The second kappa shape index (κ2) is 8.98. The van der Waals surface area contributed by atoms with Gasteiger partial charge in [0.05, 0.1) is 19.1 Å². The van der Waals surface area contributed by atoms with Crippen molar-refractivity contribution in [1.82, 2.24) is 4.90 Å². The first-order chi connectivity index (χ1) is 13.6. The van der Waals surface area contributed by atoms with Gasteiger partial charge in [-0.05, 0) is 35.7 Å². The number of ether oxygens (including phenoxy) is 1. The largest absolute Gasteiger partial charge is 0.496 e. The van der Waals surface area contributed by atoms with Crippen molar-refractivity contribution in [2.45, 2.75) is 33.0 Å². The van der Waals surface area contributed by atoms with E-state index in [-0.39, 0.29) is 23.8 Å². The van der Waals surface area contributed by atoms with Crippen LogP contribution in [-0.2, 0) is 28.7 Å². The van der Waals surface area contributed by atoms with E-state index in [4.69, 9.17) is 9.84 Å². The fourth-order valence-corrected chi connectivity index (χ4v) is 3.15. The zero-order chi connectivity index (χ0) is 21.8. The molecule has 0 bridgehead atoms. The van der Waals surface area contributed by atoms with Crippen molar-refractivity contribution in [2.24, 2.45) is 0 Å². The number of alkyl halides is 3. The van der Waals surface area contributed by atoms with Crippen molar-refractivity contribution in [3.05, 3.63) is 53.1 Å². The standard InChI is InChI=1S/C21H22F3NO4/c1-4-25(13(2)26)12-14-7-5-6-8-16(14)17-9-15(10-20(27)28)18(21(22,23)24)11-19(17)29-3/h5-9,11H,4,10,12H2,1-3H3,(H,27,28). The van der Waals surface area contributed by atoms with Crippen LogP contribution in [0.5, 0.6) is 5.75 Å². The van der Waals surface area contributed by atoms with Crippen LogP contribution in [0, 0.1) is 0 Å². The number of methoxy groups -OCH3 is 1. The van der Waals surface area contributed by atoms with E-state index in [0.29, 0.717) is 23.2 Å². The summed E-state index contributed by atoms with van der Waals surface area (Å²) in [5.41, 5.74) is 0.228. The number of nitrogens with zero attached hydrogens (tertiary/aromatic N) is 1. The maximum Gasteiger partial charge on any atom is 0.416 e. The van der Waals surface area contributed by atoms with Crippen molar-refractivity contribution < 1.29 is 32.6 Å². The molecule has 29 heavy (non-hydrogen) atoms. The van der Waals surface area contributed by atoms with Gasteiger partial charge in [-0.15, -0.1) is 0 Å². The van der Waals surface area contributed by atoms with Crippen molar-refractivity contribution in [2.75, 3.05) is 13.7 Å². The van der Waals surface area contributed by atoms with E-state index in [1.807, 2.05) is 6.92 Å². The van der Waals surface area contributed by atoms with Crippen molar-refractivity contribution in [3.63, 3.8) is 0 Å². The molecule has 2 rings (SSSR count). The number of benzene rings is 2. The Labute approximate surface area is 166 Å². The quantitative estimate of drug-likeness (QED) is 0.737. The molecule has 0 saturated carbocycles. The van der Waals surface area contributed by atoms with Gasteiger partial charge >= 0.3 is 12.1 Å². The third kappa shape index (κ3) is 5.28. The average molecular weight is 409 g/mol. The molecule has 0 fully saturated rings. The molecule has 5 nitrogen and oxygen atoms in total. The Kier molecular flexibility index (Phi) is 6.89. The Morgan fingerprint density at radius 2 is 1.76 bits per heavy atom. The summed E-state index contributed by atoms with van der Waals surface area (Å²) in [6.07, 6.45) is -5.49. The van der Waals surface area contributed by atoms with Crippen LogP contribution in [0.15, 0.2) is 36.4 Å². The number of carbonyl (C=O) groups is 2. The first kappa shape index (κ1) is 22.3. The first-order valence-corrected chi connectivity index (χ1v) is 8.92. The van der Waals surface area contributed by atoms with Crippen LogP contribution in [0.3, 0.4) is 0 Å². The molecule has 0 unspecified atom stereocenters. The summed E-state index contributed by atoms with van der Waals surface area (Å²) in [5.74, 6) is -1.52. The van der Waals surface area contributed by atoms with E-state index in [0.717, 1.165) is 6.07 Å². The molecule has 1 N–H and O–H groups in total. The molecule has 156 valence electrons. The predicted octanol–water partition coefficient (Wildman–Crippen LogP) is 4.38. The molecule has 0 heterocycles. The number of amides is 1. The Hall–Kier alpha value is -3.03. The van der Waals surface area contributed by atoms with Gasteiger partial charge in [0.2, 0.25) is 5.91 Å². The van der Waals surface area contributed by atoms with Crippen molar-refractivity contribution in [1.29, 1.82) is 0 Å². The lowest BCUT2D eigenvalue weighted by Gasteiger charge is -2.22. The zero-order valence-corrected chi connectivity index (χ0v) is 16.3. The van der Waals surface area contributed by atoms with Gasteiger partial charge in [0.25, 0.3) is 0 Å². The molecule has 8 heteroatoms. The van der Waals surface area contributed by atoms with Crippen LogP contribution in [0.25, 0.3) is 11.1 Å². The van der Waals surface area contributed by atoms with Gasteiger partial charge < -0.3 is 14.7 Å². The summed E-state index contributed by atoms with van der Waals surface area (Å²) in [7, 11) is 1.26. The molecule has 2 aromatic rings. The Balaban J connectivity index is 2.68. The normalized spacial score (nSPS) is 11.2. The summed E-state index contributed by atoms with van der Waals surface area (Å²) in [4.78, 5) is 24.5. The average Bonchev–Trinajstić information content (AvgIpc) is 2.64. The lowest BCUT2D eigenvalue weighted by atomic mass is 9.93. The molecule has 0 atom stereocenters. The fraction of sp³-hybridized carbons (Fsp3) is 0.333. The number of carboxylic acid groups (broad SMARTS) is 1. The van der Waals surface area contributed by atoms with Gasteiger partial charge in [-0.2, -0.15) is 13.2 Å². The third-order valence-corrected chi connectivity index (χ3v) is 4.57. The molecule has 0 spiro atoms. The summed E-state index contributed by atoms with van der Waals surface area (Å²) >= 11 is 0. The van der Waals surface area contributed by atoms with Gasteiger partial charge in [-0.3, -0.25) is 9.59 Å². The zero-order valence-electron chi connectivity index (χ0n) is 16.3. The monoisotopic (exact) mass is 409 g/mol. The van der Waals surface area contributed by atoms with Gasteiger partial charge in [-0.25, -0.2) is 0 Å². The minimum absolute atomic E-state index is 0.0233. The number of carbonyl (C=O) groups excluding carboxylic acids is 1. The number of rotatable bonds is 7. The second-order valence-corrected chi connectivity index (χ2v) is 6.47. The maximum atomic E-state index is 13.4. The van der Waals surface area contributed by atoms with Crippen LogP contribution in [0.2, 0.25) is 0 Å². The minimum Gasteiger partial charge on any atom is -0.496 e. The molecule has 0 aliphatic carbocycles. The molecule has 1 amide bonds. The number of carboxylic acids is 1. The highest BCUT2D eigenvalue weighted by Gasteiger charge is 2.35. The molecular weight excluding hydrogens is 387 g/mol. The summed E-state index contributed by atoms with van der Waals surface area (Å²) in [5, 5.41) is 9.07. The highest BCUT2D eigenvalue weighted by Crippen LogP contribution is 2.41.